The number of nitrogens with zero attached hydrogens (tertiary/aromatic N) is 3. The van der Waals surface area contributed by atoms with Crippen LogP contribution in [0.25, 0.3) is 0 Å². The quantitative estimate of drug-likeness (QED) is 0.376. The van der Waals surface area contributed by atoms with Crippen LogP contribution in [0.2, 0.25) is 5.02 Å². The Morgan fingerprint density at radius 3 is 2.58 bits per heavy atom. The van der Waals surface area contributed by atoms with E-state index < -0.39 is 20.5 Å². The van der Waals surface area contributed by atoms with Gasteiger partial charge in [-0.3, -0.25) is 9.69 Å². The molecule has 0 spiro atoms. The highest BCUT2D eigenvalue weighted by molar-refractivity contribution is 7.90. The van der Waals surface area contributed by atoms with E-state index in [-0.39, 0.29) is 34.6 Å². The lowest BCUT2D eigenvalue weighted by atomic mass is 9.70. The van der Waals surface area contributed by atoms with Crippen LogP contribution in [0.4, 0.5) is 14.5 Å². The summed E-state index contributed by atoms with van der Waals surface area (Å²) >= 11 is 7.78. The number of hydrogen-bond acceptors (Lipinski definition) is 7. The van der Waals surface area contributed by atoms with Crippen molar-refractivity contribution in [3.05, 3.63) is 75.2 Å². The number of likely N-dealkylation sites (N-methyl/N-ethyl adjacent to an activating group) is 1. The third kappa shape index (κ3) is 5.56. The van der Waals surface area contributed by atoms with Gasteiger partial charge in [0, 0.05) is 48.7 Å². The van der Waals surface area contributed by atoms with Crippen LogP contribution >= 0.6 is 22.9 Å². The largest absolute Gasteiger partial charge is 0.483 e. The van der Waals surface area contributed by atoms with E-state index in [2.05, 4.69) is 9.88 Å². The molecule has 1 aliphatic heterocycles. The van der Waals surface area contributed by atoms with Crippen LogP contribution in [0.5, 0.6) is 0 Å². The summed E-state index contributed by atoms with van der Waals surface area (Å²) in [5.74, 6) is -1.39. The molecule has 5 rings (SSSR count). The summed E-state index contributed by atoms with van der Waals surface area (Å²) in [6.07, 6.45) is 3.68. The number of anilines is 1. The minimum atomic E-state index is -3.93. The zero-order valence-electron chi connectivity index (χ0n) is 20.7. The summed E-state index contributed by atoms with van der Waals surface area (Å²) in [4.78, 5) is 16.2. The normalized spacial score (nSPS) is 18.8. The summed E-state index contributed by atoms with van der Waals surface area (Å²) in [5, 5.41) is 8.69. The standard InChI is InChI=1S/C25H26ClF2N3O2S2.CH2O2/c1-30(18-7-10-31(13-18)25(8-4-9-25)19-5-2-3-6-21(19)27)23-12-22(28)24(11-20(23)26)35(32,33)15-17-14-34-16-29-17;2-1-3/h2-3,5-6,11-12,14,16,18H,4,7-10,13,15H2,1H3;1H,(H,2,3)/t18-;/m0./s1. The zero-order valence-corrected chi connectivity index (χ0v) is 23.1. The molecule has 1 atom stereocenters. The monoisotopic (exact) mass is 583 g/mol. The second kappa shape index (κ2) is 11.6. The second-order valence-corrected chi connectivity index (χ2v) is 12.5. The van der Waals surface area contributed by atoms with E-state index in [0.717, 1.165) is 37.8 Å². The SMILES string of the molecule is CN(c1cc(F)c(S(=O)(=O)Cc2cscn2)cc1Cl)[C@H]1CCN(C2(c3ccccc3F)CCC2)C1.O=CO. The van der Waals surface area contributed by atoms with E-state index in [0.29, 0.717) is 17.9 Å². The number of halogens is 3. The molecule has 0 bridgehead atoms. The van der Waals surface area contributed by atoms with E-state index in [1.807, 2.05) is 24.1 Å². The summed E-state index contributed by atoms with van der Waals surface area (Å²) in [6, 6.07) is 9.42. The van der Waals surface area contributed by atoms with Crippen LogP contribution in [0, 0.1) is 11.6 Å². The molecule has 2 fully saturated rings. The molecule has 0 radical (unpaired) electrons. The molecule has 3 aromatic rings. The number of rotatable bonds is 7. The van der Waals surface area contributed by atoms with Crippen molar-refractivity contribution in [3.63, 3.8) is 0 Å². The third-order valence-electron chi connectivity index (χ3n) is 7.41. The van der Waals surface area contributed by atoms with Gasteiger partial charge in [0.25, 0.3) is 6.47 Å². The Bertz CT molecular complexity index is 1390. The molecule has 7 nitrogen and oxygen atoms in total. The van der Waals surface area contributed by atoms with Gasteiger partial charge >= 0.3 is 0 Å². The maximum absolute atomic E-state index is 15.1. The van der Waals surface area contributed by atoms with Gasteiger partial charge in [0.05, 0.1) is 27.7 Å². The Morgan fingerprint density at radius 2 is 1.97 bits per heavy atom. The van der Waals surface area contributed by atoms with E-state index >= 15 is 4.39 Å². The first-order valence-electron chi connectivity index (χ1n) is 12.0. The average molecular weight is 584 g/mol. The molecular weight excluding hydrogens is 556 g/mol. The predicted molar refractivity (Wildman–Crippen MR) is 143 cm³/mol. The van der Waals surface area contributed by atoms with Crippen LogP contribution in [0.1, 0.15) is 36.9 Å². The van der Waals surface area contributed by atoms with Crippen LogP contribution in [0.3, 0.4) is 0 Å². The number of benzene rings is 2. The maximum atomic E-state index is 15.1. The Balaban J connectivity index is 0.00000107. The van der Waals surface area contributed by atoms with Crippen LogP contribution in [-0.4, -0.2) is 56.1 Å². The molecule has 1 saturated heterocycles. The fourth-order valence-electron chi connectivity index (χ4n) is 5.36. The number of carboxylic acid groups (broad SMARTS) is 1. The van der Waals surface area contributed by atoms with Crippen molar-refractivity contribution in [1.29, 1.82) is 0 Å². The number of thiazole rings is 1. The molecular formula is C26H28ClF2N3O4S2. The lowest BCUT2D eigenvalue weighted by Crippen LogP contribution is -2.51. The molecule has 0 amide bonds. The van der Waals surface area contributed by atoms with Crippen LogP contribution in [-0.2, 0) is 25.9 Å². The molecule has 38 heavy (non-hydrogen) atoms. The molecule has 2 heterocycles. The Labute approximate surface area is 229 Å². The van der Waals surface area contributed by atoms with Crippen molar-refractivity contribution < 1.29 is 27.1 Å². The highest BCUT2D eigenvalue weighted by Crippen LogP contribution is 2.49. The molecule has 2 aromatic carbocycles. The van der Waals surface area contributed by atoms with Crippen LogP contribution < -0.4 is 4.90 Å². The number of carbonyl (C=O) groups is 1. The summed E-state index contributed by atoms with van der Waals surface area (Å²) < 4.78 is 55.3. The van der Waals surface area contributed by atoms with Gasteiger partial charge in [0.1, 0.15) is 16.5 Å². The maximum Gasteiger partial charge on any atom is 0.290 e. The molecule has 1 N–H and O–H groups in total. The van der Waals surface area contributed by atoms with E-state index in [9.17, 15) is 12.8 Å². The summed E-state index contributed by atoms with van der Waals surface area (Å²) in [7, 11) is -2.09. The minimum absolute atomic E-state index is 0.0358. The summed E-state index contributed by atoms with van der Waals surface area (Å²) in [5.41, 5.74) is 2.80. The molecule has 1 aromatic heterocycles. The van der Waals surface area contributed by atoms with E-state index in [1.54, 1.807) is 11.4 Å². The number of sulfone groups is 1. The topological polar surface area (TPSA) is 90.8 Å². The predicted octanol–water partition coefficient (Wildman–Crippen LogP) is 5.34. The highest BCUT2D eigenvalue weighted by atomic mass is 35.5. The van der Waals surface area contributed by atoms with Gasteiger partial charge in [-0.05, 0) is 37.8 Å². The molecule has 1 saturated carbocycles. The van der Waals surface area contributed by atoms with Crippen molar-refractivity contribution in [2.45, 2.75) is 47.9 Å². The fourth-order valence-corrected chi connectivity index (χ4v) is 7.74. The molecule has 1 aliphatic carbocycles. The van der Waals surface area contributed by atoms with Crippen molar-refractivity contribution in [1.82, 2.24) is 9.88 Å². The van der Waals surface area contributed by atoms with Crippen molar-refractivity contribution in [3.8, 4) is 0 Å². The van der Waals surface area contributed by atoms with E-state index in [1.165, 1.54) is 35.0 Å². The lowest BCUT2D eigenvalue weighted by molar-refractivity contribution is -0.122. The van der Waals surface area contributed by atoms with Crippen molar-refractivity contribution in [2.24, 2.45) is 0 Å². The second-order valence-electron chi connectivity index (χ2n) is 9.44. The fraction of sp³-hybridized carbons (Fsp3) is 0.385. The third-order valence-corrected chi connectivity index (χ3v) is 10.0. The Hall–Kier alpha value is -2.60. The average Bonchev–Trinajstić information content (AvgIpc) is 3.53. The Morgan fingerprint density at radius 1 is 1.26 bits per heavy atom. The van der Waals surface area contributed by atoms with Gasteiger partial charge in [0.2, 0.25) is 0 Å². The van der Waals surface area contributed by atoms with Gasteiger partial charge in [-0.25, -0.2) is 22.2 Å². The number of hydrogen-bond donors (Lipinski definition) is 1. The lowest BCUT2D eigenvalue weighted by Gasteiger charge is -2.49. The van der Waals surface area contributed by atoms with Gasteiger partial charge in [-0.2, -0.15) is 0 Å². The zero-order chi connectivity index (χ0) is 27.5. The van der Waals surface area contributed by atoms with Crippen molar-refractivity contribution in [2.75, 3.05) is 25.0 Å². The first kappa shape index (κ1) is 28.4. The van der Waals surface area contributed by atoms with Crippen molar-refractivity contribution >= 4 is 44.9 Å². The molecule has 0 unspecified atom stereocenters. The summed E-state index contributed by atoms with van der Waals surface area (Å²) in [6.45, 7) is 1.23. The van der Waals surface area contributed by atoms with Crippen LogP contribution in [0.15, 0.2) is 52.2 Å². The van der Waals surface area contributed by atoms with Gasteiger partial charge in [-0.1, -0.05) is 29.8 Å². The van der Waals surface area contributed by atoms with Gasteiger partial charge in [0.15, 0.2) is 9.84 Å². The first-order chi connectivity index (χ1) is 18.1. The Kier molecular flexibility index (Phi) is 8.71. The first-order valence-corrected chi connectivity index (χ1v) is 15.0. The smallest absolute Gasteiger partial charge is 0.290 e. The van der Waals surface area contributed by atoms with Gasteiger partial charge in [-0.15, -0.1) is 11.3 Å². The van der Waals surface area contributed by atoms with Gasteiger partial charge < -0.3 is 10.0 Å². The number of likely N-dealkylation sites (tertiary alicyclic amines) is 1. The molecule has 204 valence electrons. The minimum Gasteiger partial charge on any atom is -0.483 e. The number of aromatic nitrogens is 1. The highest BCUT2D eigenvalue weighted by Gasteiger charge is 2.48. The molecule has 12 heteroatoms. The molecule has 2 aliphatic rings. The van der Waals surface area contributed by atoms with E-state index in [4.69, 9.17) is 21.5 Å².